The summed E-state index contributed by atoms with van der Waals surface area (Å²) in [6.45, 7) is 2.08. The minimum Gasteiger partial charge on any atom is -0.441 e. The van der Waals surface area contributed by atoms with Crippen LogP contribution in [0.3, 0.4) is 0 Å². The summed E-state index contributed by atoms with van der Waals surface area (Å²) in [6.07, 6.45) is 1.30. The highest BCUT2D eigenvalue weighted by Crippen LogP contribution is 2.39. The summed E-state index contributed by atoms with van der Waals surface area (Å²) < 4.78 is 52.0. The molecule has 3 fully saturated rings. The van der Waals surface area contributed by atoms with E-state index in [1.54, 1.807) is 12.1 Å². The van der Waals surface area contributed by atoms with E-state index in [1.807, 2.05) is 4.90 Å². The standard InChI is InChI=1S/C17H21FN2O6S/c1-27(22,23)25-10-13-9-20(16(21)26-13)12-2-3-15(14(18)8-12)19-6-4-17(5-7-19)11-24-17/h2-3,8,13H,4-7,9-11H2,1H3. The number of epoxide rings is 1. The molecule has 3 saturated heterocycles. The van der Waals surface area contributed by atoms with Crippen LogP contribution in [0.5, 0.6) is 0 Å². The molecular weight excluding hydrogens is 379 g/mol. The maximum absolute atomic E-state index is 14.7. The Labute approximate surface area is 156 Å². The Balaban J connectivity index is 1.42. The number of hydrogen-bond donors (Lipinski definition) is 0. The van der Waals surface area contributed by atoms with Gasteiger partial charge in [-0.15, -0.1) is 0 Å². The number of hydrogen-bond acceptors (Lipinski definition) is 7. The van der Waals surface area contributed by atoms with Crippen LogP contribution in [-0.4, -0.2) is 65.3 Å². The van der Waals surface area contributed by atoms with E-state index < -0.39 is 28.1 Å². The molecule has 0 N–H and O–H groups in total. The summed E-state index contributed by atoms with van der Waals surface area (Å²) >= 11 is 0. The number of rotatable bonds is 5. The molecule has 148 valence electrons. The molecule has 1 unspecified atom stereocenters. The monoisotopic (exact) mass is 400 g/mol. The van der Waals surface area contributed by atoms with Crippen LogP contribution in [0.1, 0.15) is 12.8 Å². The van der Waals surface area contributed by atoms with Gasteiger partial charge in [0, 0.05) is 13.1 Å². The molecule has 0 bridgehead atoms. The normalized spacial score (nSPS) is 24.4. The first-order valence-electron chi connectivity index (χ1n) is 8.76. The molecular formula is C17H21FN2O6S. The Morgan fingerprint density at radius 3 is 2.63 bits per heavy atom. The number of carbonyl (C=O) groups is 1. The van der Waals surface area contributed by atoms with Crippen molar-refractivity contribution in [3.05, 3.63) is 24.0 Å². The van der Waals surface area contributed by atoms with E-state index in [-0.39, 0.29) is 18.8 Å². The molecule has 10 heteroatoms. The fourth-order valence-corrected chi connectivity index (χ4v) is 3.88. The predicted octanol–water partition coefficient (Wildman–Crippen LogP) is 1.50. The van der Waals surface area contributed by atoms with Gasteiger partial charge in [0.15, 0.2) is 0 Å². The molecule has 0 aliphatic carbocycles. The van der Waals surface area contributed by atoms with Gasteiger partial charge < -0.3 is 14.4 Å². The highest BCUT2D eigenvalue weighted by Gasteiger charge is 2.46. The largest absolute Gasteiger partial charge is 0.441 e. The molecule has 3 aliphatic rings. The Hall–Kier alpha value is -1.91. The zero-order chi connectivity index (χ0) is 19.2. The zero-order valence-electron chi connectivity index (χ0n) is 14.9. The van der Waals surface area contributed by atoms with Crippen LogP contribution in [0.15, 0.2) is 18.2 Å². The Bertz CT molecular complexity index is 847. The van der Waals surface area contributed by atoms with Crippen molar-refractivity contribution in [2.75, 3.05) is 48.9 Å². The van der Waals surface area contributed by atoms with E-state index in [2.05, 4.69) is 4.18 Å². The van der Waals surface area contributed by atoms with Gasteiger partial charge in [0.25, 0.3) is 10.1 Å². The fourth-order valence-electron chi connectivity index (χ4n) is 3.48. The van der Waals surface area contributed by atoms with Crippen LogP contribution in [0, 0.1) is 5.82 Å². The summed E-state index contributed by atoms with van der Waals surface area (Å²) in [7, 11) is -3.62. The molecule has 27 heavy (non-hydrogen) atoms. The van der Waals surface area contributed by atoms with Crippen LogP contribution < -0.4 is 9.80 Å². The lowest BCUT2D eigenvalue weighted by Crippen LogP contribution is -2.38. The molecule has 1 aromatic carbocycles. The lowest BCUT2D eigenvalue weighted by Gasteiger charge is -2.32. The van der Waals surface area contributed by atoms with Gasteiger partial charge in [-0.05, 0) is 31.0 Å². The van der Waals surface area contributed by atoms with Crippen molar-refractivity contribution in [3.63, 3.8) is 0 Å². The number of nitrogens with zero attached hydrogens (tertiary/aromatic N) is 2. The number of amides is 1. The second kappa shape index (κ2) is 6.61. The van der Waals surface area contributed by atoms with E-state index in [1.165, 1.54) is 11.0 Å². The summed E-state index contributed by atoms with van der Waals surface area (Å²) in [4.78, 5) is 15.3. The van der Waals surface area contributed by atoms with Crippen molar-refractivity contribution in [1.82, 2.24) is 0 Å². The van der Waals surface area contributed by atoms with Crippen LogP contribution in [0.25, 0.3) is 0 Å². The third-order valence-electron chi connectivity index (χ3n) is 5.15. The maximum Gasteiger partial charge on any atom is 0.414 e. The number of piperidine rings is 1. The van der Waals surface area contributed by atoms with Crippen molar-refractivity contribution in [2.45, 2.75) is 24.5 Å². The Morgan fingerprint density at radius 2 is 2.04 bits per heavy atom. The number of ether oxygens (including phenoxy) is 2. The second-order valence-electron chi connectivity index (χ2n) is 7.20. The van der Waals surface area contributed by atoms with Crippen molar-refractivity contribution >= 4 is 27.6 Å². The minimum absolute atomic E-state index is 0.0231. The first-order chi connectivity index (χ1) is 12.7. The second-order valence-corrected chi connectivity index (χ2v) is 8.84. The van der Waals surface area contributed by atoms with Crippen LogP contribution in [0.2, 0.25) is 0 Å². The van der Waals surface area contributed by atoms with E-state index in [0.29, 0.717) is 11.4 Å². The van der Waals surface area contributed by atoms with Gasteiger partial charge in [0.05, 0.1) is 36.4 Å². The van der Waals surface area contributed by atoms with Crippen LogP contribution in [-0.2, 0) is 23.8 Å². The zero-order valence-corrected chi connectivity index (χ0v) is 15.7. The highest BCUT2D eigenvalue weighted by atomic mass is 32.2. The van der Waals surface area contributed by atoms with Gasteiger partial charge in [0.1, 0.15) is 18.5 Å². The molecule has 1 amide bonds. The SMILES string of the molecule is CS(=O)(=O)OCC1CN(c2ccc(N3CCC4(CC3)CO4)c(F)c2)C(=O)O1. The average molecular weight is 400 g/mol. The Morgan fingerprint density at radius 1 is 1.33 bits per heavy atom. The van der Waals surface area contributed by atoms with Gasteiger partial charge in [-0.3, -0.25) is 9.08 Å². The lowest BCUT2D eigenvalue weighted by molar-refractivity contribution is 0.107. The fraction of sp³-hybridized carbons (Fsp3) is 0.588. The lowest BCUT2D eigenvalue weighted by atomic mass is 9.97. The summed E-state index contributed by atoms with van der Waals surface area (Å²) in [6, 6.07) is 4.62. The molecule has 0 aromatic heterocycles. The van der Waals surface area contributed by atoms with Gasteiger partial charge in [-0.25, -0.2) is 9.18 Å². The summed E-state index contributed by atoms with van der Waals surface area (Å²) in [5.74, 6) is -0.413. The first kappa shape index (κ1) is 18.5. The third-order valence-corrected chi connectivity index (χ3v) is 5.72. The number of cyclic esters (lactones) is 1. The van der Waals surface area contributed by atoms with Crippen molar-refractivity contribution in [3.8, 4) is 0 Å². The van der Waals surface area contributed by atoms with Gasteiger partial charge in [-0.1, -0.05) is 0 Å². The van der Waals surface area contributed by atoms with Gasteiger partial charge in [-0.2, -0.15) is 8.42 Å². The molecule has 4 rings (SSSR count). The molecule has 1 aromatic rings. The molecule has 0 saturated carbocycles. The van der Waals surface area contributed by atoms with Crippen molar-refractivity contribution < 1.29 is 31.3 Å². The summed E-state index contributed by atoms with van der Waals surface area (Å²) in [5.41, 5.74) is 0.885. The molecule has 3 heterocycles. The Kier molecular flexibility index (Phi) is 4.52. The molecule has 1 atom stereocenters. The molecule has 0 radical (unpaired) electrons. The van der Waals surface area contributed by atoms with Crippen molar-refractivity contribution in [2.24, 2.45) is 0 Å². The molecule has 3 aliphatic heterocycles. The molecule has 1 spiro atoms. The van der Waals surface area contributed by atoms with Gasteiger partial charge >= 0.3 is 6.09 Å². The third kappa shape index (κ3) is 4.02. The van der Waals surface area contributed by atoms with Crippen molar-refractivity contribution in [1.29, 1.82) is 0 Å². The average Bonchev–Trinajstić information content (AvgIpc) is 3.25. The van der Waals surface area contributed by atoms with Crippen LogP contribution >= 0.6 is 0 Å². The van der Waals surface area contributed by atoms with Crippen LogP contribution in [0.4, 0.5) is 20.6 Å². The smallest absolute Gasteiger partial charge is 0.414 e. The van der Waals surface area contributed by atoms with E-state index in [0.717, 1.165) is 38.8 Å². The summed E-state index contributed by atoms with van der Waals surface area (Å²) in [5, 5.41) is 0. The highest BCUT2D eigenvalue weighted by molar-refractivity contribution is 7.85. The van der Waals surface area contributed by atoms with E-state index in [4.69, 9.17) is 9.47 Å². The number of halogens is 1. The maximum atomic E-state index is 14.7. The quantitative estimate of drug-likeness (QED) is 0.547. The number of anilines is 2. The number of carbonyl (C=O) groups excluding carboxylic acids is 1. The predicted molar refractivity (Wildman–Crippen MR) is 94.9 cm³/mol. The van der Waals surface area contributed by atoms with Gasteiger partial charge in [0.2, 0.25) is 0 Å². The topological polar surface area (TPSA) is 88.7 Å². The minimum atomic E-state index is -3.62. The molecule has 8 nitrogen and oxygen atoms in total. The van der Waals surface area contributed by atoms with E-state index >= 15 is 0 Å². The first-order valence-corrected chi connectivity index (χ1v) is 10.6. The van der Waals surface area contributed by atoms with E-state index in [9.17, 15) is 17.6 Å². The number of benzene rings is 1.